The predicted molar refractivity (Wildman–Crippen MR) is 88.3 cm³/mol. The predicted octanol–water partition coefficient (Wildman–Crippen LogP) is 3.87. The van der Waals surface area contributed by atoms with Crippen molar-refractivity contribution in [2.75, 3.05) is 5.75 Å². The molecule has 0 aliphatic heterocycles. The molecule has 0 heterocycles. The summed E-state index contributed by atoms with van der Waals surface area (Å²) in [5, 5.41) is 0. The van der Waals surface area contributed by atoms with E-state index in [2.05, 4.69) is 28.9 Å². The van der Waals surface area contributed by atoms with Gasteiger partial charge < -0.3 is 5.73 Å². The van der Waals surface area contributed by atoms with Crippen LogP contribution in [-0.4, -0.2) is 9.96 Å². The van der Waals surface area contributed by atoms with Gasteiger partial charge in [0, 0.05) is 21.2 Å². The topological polar surface area (TPSA) is 43.1 Å². The first kappa shape index (κ1) is 15.4. The van der Waals surface area contributed by atoms with E-state index in [0.29, 0.717) is 5.75 Å². The van der Waals surface area contributed by atoms with Gasteiger partial charge in [-0.25, -0.2) is 0 Å². The summed E-state index contributed by atoms with van der Waals surface area (Å²) in [6, 6.07) is 13.5. The van der Waals surface area contributed by atoms with Crippen LogP contribution in [0.1, 0.15) is 22.7 Å². The third-order valence-corrected chi connectivity index (χ3v) is 5.22. The SMILES string of the molecule is Cc1ccc(C(N)CS(=O)c2ccc(Br)cc2)c(C)c1. The Morgan fingerprint density at radius 3 is 2.40 bits per heavy atom. The van der Waals surface area contributed by atoms with Crippen LogP contribution in [0, 0.1) is 13.8 Å². The Hall–Kier alpha value is -0.970. The minimum Gasteiger partial charge on any atom is -0.323 e. The van der Waals surface area contributed by atoms with Crippen molar-refractivity contribution in [2.45, 2.75) is 24.8 Å². The van der Waals surface area contributed by atoms with E-state index in [4.69, 9.17) is 5.73 Å². The first-order valence-corrected chi connectivity index (χ1v) is 8.55. The summed E-state index contributed by atoms with van der Waals surface area (Å²) in [6.07, 6.45) is 0. The Kier molecular flexibility index (Phi) is 5.13. The van der Waals surface area contributed by atoms with Crippen molar-refractivity contribution in [3.63, 3.8) is 0 Å². The van der Waals surface area contributed by atoms with E-state index in [-0.39, 0.29) is 6.04 Å². The van der Waals surface area contributed by atoms with Crippen molar-refractivity contribution in [1.29, 1.82) is 0 Å². The zero-order valence-corrected chi connectivity index (χ0v) is 14.0. The average molecular weight is 352 g/mol. The average Bonchev–Trinajstić information content (AvgIpc) is 2.39. The van der Waals surface area contributed by atoms with Crippen LogP contribution < -0.4 is 5.73 Å². The fraction of sp³-hybridized carbons (Fsp3) is 0.250. The summed E-state index contributed by atoms with van der Waals surface area (Å²) in [5.74, 6) is 0.436. The number of halogens is 1. The number of nitrogens with two attached hydrogens (primary N) is 1. The molecular formula is C16H18BrNOS. The second-order valence-corrected chi connectivity index (χ2v) is 7.34. The van der Waals surface area contributed by atoms with Crippen molar-refractivity contribution in [3.8, 4) is 0 Å². The molecule has 0 spiro atoms. The summed E-state index contributed by atoms with van der Waals surface area (Å²) < 4.78 is 13.3. The smallest absolute Gasteiger partial charge is 0.0548 e. The van der Waals surface area contributed by atoms with Gasteiger partial charge in [-0.2, -0.15) is 0 Å². The molecule has 2 unspecified atom stereocenters. The van der Waals surface area contributed by atoms with Gasteiger partial charge in [-0.1, -0.05) is 39.7 Å². The molecular weight excluding hydrogens is 334 g/mol. The lowest BCUT2D eigenvalue weighted by Crippen LogP contribution is -2.19. The van der Waals surface area contributed by atoms with Gasteiger partial charge in [0.1, 0.15) is 0 Å². The number of rotatable bonds is 4. The maximum absolute atomic E-state index is 12.3. The molecule has 4 heteroatoms. The summed E-state index contributed by atoms with van der Waals surface area (Å²) >= 11 is 3.37. The minimum absolute atomic E-state index is 0.208. The quantitative estimate of drug-likeness (QED) is 0.908. The molecule has 0 bridgehead atoms. The molecule has 2 rings (SSSR count). The zero-order chi connectivity index (χ0) is 14.7. The highest BCUT2D eigenvalue weighted by Crippen LogP contribution is 2.21. The zero-order valence-electron chi connectivity index (χ0n) is 11.6. The largest absolute Gasteiger partial charge is 0.323 e. The number of aryl methyl sites for hydroxylation is 2. The van der Waals surface area contributed by atoms with Gasteiger partial charge in [0.15, 0.2) is 0 Å². The molecule has 0 fully saturated rings. The molecule has 2 atom stereocenters. The van der Waals surface area contributed by atoms with Crippen LogP contribution in [0.2, 0.25) is 0 Å². The number of hydrogen-bond acceptors (Lipinski definition) is 2. The van der Waals surface area contributed by atoms with Gasteiger partial charge in [0.2, 0.25) is 0 Å². The van der Waals surface area contributed by atoms with E-state index in [1.807, 2.05) is 43.3 Å². The molecule has 0 aliphatic carbocycles. The molecule has 2 aromatic carbocycles. The molecule has 2 N–H and O–H groups in total. The second-order valence-electron chi connectivity index (χ2n) is 4.93. The molecule has 0 radical (unpaired) electrons. The highest BCUT2D eigenvalue weighted by molar-refractivity contribution is 9.10. The molecule has 0 aliphatic rings. The van der Waals surface area contributed by atoms with Crippen LogP contribution in [0.5, 0.6) is 0 Å². The van der Waals surface area contributed by atoms with Crippen LogP contribution in [0.25, 0.3) is 0 Å². The van der Waals surface area contributed by atoms with Crippen LogP contribution in [0.3, 0.4) is 0 Å². The summed E-state index contributed by atoms with van der Waals surface area (Å²) in [5.41, 5.74) is 9.66. The van der Waals surface area contributed by atoms with Gasteiger partial charge in [0.05, 0.1) is 10.8 Å². The van der Waals surface area contributed by atoms with E-state index in [0.717, 1.165) is 20.5 Å². The van der Waals surface area contributed by atoms with E-state index >= 15 is 0 Å². The summed E-state index contributed by atoms with van der Waals surface area (Å²) in [6.45, 7) is 4.10. The maximum Gasteiger partial charge on any atom is 0.0548 e. The van der Waals surface area contributed by atoms with E-state index < -0.39 is 10.8 Å². The van der Waals surface area contributed by atoms with Crippen molar-refractivity contribution in [1.82, 2.24) is 0 Å². The molecule has 0 saturated heterocycles. The van der Waals surface area contributed by atoms with Crippen molar-refractivity contribution < 1.29 is 4.21 Å². The number of benzene rings is 2. The Labute approximate surface area is 131 Å². The van der Waals surface area contributed by atoms with Crippen LogP contribution in [-0.2, 0) is 10.8 Å². The number of hydrogen-bond donors (Lipinski definition) is 1. The molecule has 2 aromatic rings. The fourth-order valence-corrected chi connectivity index (χ4v) is 3.58. The minimum atomic E-state index is -1.08. The lowest BCUT2D eigenvalue weighted by molar-refractivity contribution is 0.675. The highest BCUT2D eigenvalue weighted by atomic mass is 79.9. The van der Waals surface area contributed by atoms with Crippen LogP contribution in [0.15, 0.2) is 51.8 Å². The van der Waals surface area contributed by atoms with Gasteiger partial charge in [-0.3, -0.25) is 4.21 Å². The Morgan fingerprint density at radius 2 is 1.80 bits per heavy atom. The standard InChI is InChI=1S/C16H18BrNOS/c1-11-3-8-15(12(2)9-11)16(18)10-20(19)14-6-4-13(17)5-7-14/h3-9,16H,10,18H2,1-2H3. The van der Waals surface area contributed by atoms with E-state index in [1.165, 1.54) is 5.56 Å². The van der Waals surface area contributed by atoms with Crippen LogP contribution in [0.4, 0.5) is 0 Å². The first-order valence-electron chi connectivity index (χ1n) is 6.44. The maximum atomic E-state index is 12.3. The van der Waals surface area contributed by atoms with E-state index in [9.17, 15) is 4.21 Å². The normalized spacial score (nSPS) is 14.0. The fourth-order valence-electron chi connectivity index (χ4n) is 2.18. The van der Waals surface area contributed by atoms with Crippen LogP contribution >= 0.6 is 15.9 Å². The molecule has 106 valence electrons. The molecule has 20 heavy (non-hydrogen) atoms. The Balaban J connectivity index is 2.12. The van der Waals surface area contributed by atoms with E-state index in [1.54, 1.807) is 0 Å². The molecule has 0 aromatic heterocycles. The monoisotopic (exact) mass is 351 g/mol. The van der Waals surface area contributed by atoms with Gasteiger partial charge in [-0.05, 0) is 49.2 Å². The lowest BCUT2D eigenvalue weighted by Gasteiger charge is -2.15. The first-order chi connectivity index (χ1) is 9.47. The lowest BCUT2D eigenvalue weighted by atomic mass is 10.0. The second kappa shape index (κ2) is 6.66. The third kappa shape index (κ3) is 3.78. The molecule has 0 saturated carbocycles. The molecule has 2 nitrogen and oxygen atoms in total. The van der Waals surface area contributed by atoms with Crippen molar-refractivity contribution in [2.24, 2.45) is 5.73 Å². The summed E-state index contributed by atoms with van der Waals surface area (Å²) in [7, 11) is -1.08. The van der Waals surface area contributed by atoms with Gasteiger partial charge in [0.25, 0.3) is 0 Å². The van der Waals surface area contributed by atoms with Gasteiger partial charge >= 0.3 is 0 Å². The van der Waals surface area contributed by atoms with Crippen molar-refractivity contribution in [3.05, 3.63) is 63.6 Å². The Bertz CT molecular complexity index is 625. The van der Waals surface area contributed by atoms with Gasteiger partial charge in [-0.15, -0.1) is 0 Å². The summed E-state index contributed by atoms with van der Waals surface area (Å²) in [4.78, 5) is 0.813. The Morgan fingerprint density at radius 1 is 1.15 bits per heavy atom. The van der Waals surface area contributed by atoms with Crippen molar-refractivity contribution >= 4 is 26.7 Å². The highest BCUT2D eigenvalue weighted by Gasteiger charge is 2.14. The molecule has 0 amide bonds. The third-order valence-electron chi connectivity index (χ3n) is 3.23.